The Hall–Kier alpha value is -3.12. The highest BCUT2D eigenvalue weighted by atomic mass is 16.5. The number of pyridine rings is 1. The normalized spacial score (nSPS) is 14.1. The standard InChI is InChI=1S/C22H24N4O2/c1-2-23-21-15-19(18-5-3-4-6-20(18)25-21)22(27)24-16-7-9-17(10-8-16)26-11-13-28-14-12-26/h3-10,15H,2,11-14H2,1H3,(H,23,25)(H,24,27). The van der Waals surface area contributed by atoms with E-state index in [0.29, 0.717) is 11.4 Å². The third kappa shape index (κ3) is 3.92. The number of morpholine rings is 1. The second kappa shape index (κ2) is 8.27. The van der Waals surface area contributed by atoms with E-state index in [1.54, 1.807) is 0 Å². The topological polar surface area (TPSA) is 66.5 Å². The lowest BCUT2D eigenvalue weighted by molar-refractivity contribution is 0.102. The summed E-state index contributed by atoms with van der Waals surface area (Å²) in [5.41, 5.74) is 3.32. The van der Waals surface area contributed by atoms with Gasteiger partial charge in [-0.3, -0.25) is 4.79 Å². The van der Waals surface area contributed by atoms with Crippen molar-refractivity contribution in [2.24, 2.45) is 0 Å². The first-order chi connectivity index (χ1) is 13.7. The minimum atomic E-state index is -0.142. The summed E-state index contributed by atoms with van der Waals surface area (Å²) < 4.78 is 5.40. The van der Waals surface area contributed by atoms with Crippen molar-refractivity contribution in [1.82, 2.24) is 4.98 Å². The van der Waals surface area contributed by atoms with Gasteiger partial charge in [0.2, 0.25) is 0 Å². The van der Waals surface area contributed by atoms with E-state index in [2.05, 4.69) is 20.5 Å². The van der Waals surface area contributed by atoms with E-state index in [-0.39, 0.29) is 5.91 Å². The molecule has 3 aromatic rings. The van der Waals surface area contributed by atoms with Gasteiger partial charge in [0.25, 0.3) is 5.91 Å². The van der Waals surface area contributed by atoms with Crippen molar-refractivity contribution < 1.29 is 9.53 Å². The Morgan fingerprint density at radius 1 is 1.11 bits per heavy atom. The van der Waals surface area contributed by atoms with E-state index in [1.807, 2.05) is 61.5 Å². The minimum Gasteiger partial charge on any atom is -0.378 e. The molecule has 0 unspecified atom stereocenters. The molecule has 28 heavy (non-hydrogen) atoms. The van der Waals surface area contributed by atoms with E-state index < -0.39 is 0 Å². The molecule has 1 amide bonds. The lowest BCUT2D eigenvalue weighted by atomic mass is 10.1. The molecule has 1 saturated heterocycles. The molecule has 1 fully saturated rings. The molecule has 0 spiro atoms. The Balaban J connectivity index is 1.56. The van der Waals surface area contributed by atoms with Crippen LogP contribution < -0.4 is 15.5 Å². The first-order valence-corrected chi connectivity index (χ1v) is 9.62. The fourth-order valence-electron chi connectivity index (χ4n) is 3.41. The molecule has 1 aromatic heterocycles. The van der Waals surface area contributed by atoms with E-state index in [1.165, 1.54) is 0 Å². The Labute approximate surface area is 164 Å². The van der Waals surface area contributed by atoms with Gasteiger partial charge < -0.3 is 20.3 Å². The molecule has 2 aromatic carbocycles. The number of hydrogen-bond donors (Lipinski definition) is 2. The van der Waals surface area contributed by atoms with Crippen molar-refractivity contribution in [2.45, 2.75) is 6.92 Å². The van der Waals surface area contributed by atoms with Gasteiger partial charge in [-0.2, -0.15) is 0 Å². The van der Waals surface area contributed by atoms with Crippen LogP contribution in [-0.2, 0) is 4.74 Å². The van der Waals surface area contributed by atoms with Crippen LogP contribution in [0.25, 0.3) is 10.9 Å². The first kappa shape index (κ1) is 18.3. The molecule has 144 valence electrons. The lowest BCUT2D eigenvalue weighted by Gasteiger charge is -2.28. The van der Waals surface area contributed by atoms with Crippen LogP contribution in [0.3, 0.4) is 0 Å². The summed E-state index contributed by atoms with van der Waals surface area (Å²) in [6, 6.07) is 17.5. The van der Waals surface area contributed by atoms with Gasteiger partial charge in [0, 0.05) is 36.4 Å². The number of carbonyl (C=O) groups is 1. The molecule has 6 heteroatoms. The van der Waals surface area contributed by atoms with Crippen molar-refractivity contribution in [3.05, 3.63) is 60.2 Å². The number of amides is 1. The van der Waals surface area contributed by atoms with Gasteiger partial charge in [-0.05, 0) is 43.3 Å². The van der Waals surface area contributed by atoms with E-state index in [0.717, 1.165) is 55.1 Å². The fourth-order valence-corrected chi connectivity index (χ4v) is 3.41. The minimum absolute atomic E-state index is 0.142. The number of rotatable bonds is 5. The van der Waals surface area contributed by atoms with Crippen LogP contribution in [0.15, 0.2) is 54.6 Å². The van der Waals surface area contributed by atoms with Gasteiger partial charge in [0.1, 0.15) is 5.82 Å². The average molecular weight is 376 g/mol. The predicted octanol–water partition coefficient (Wildman–Crippen LogP) is 3.76. The molecule has 0 aliphatic carbocycles. The fraction of sp³-hybridized carbons (Fsp3) is 0.273. The lowest BCUT2D eigenvalue weighted by Crippen LogP contribution is -2.36. The van der Waals surface area contributed by atoms with Gasteiger partial charge in [0.05, 0.1) is 24.3 Å². The number of ether oxygens (including phenoxy) is 1. The van der Waals surface area contributed by atoms with E-state index in [9.17, 15) is 4.79 Å². The van der Waals surface area contributed by atoms with Crippen molar-refractivity contribution in [1.29, 1.82) is 0 Å². The maximum Gasteiger partial charge on any atom is 0.256 e. The number of nitrogens with one attached hydrogen (secondary N) is 2. The van der Waals surface area contributed by atoms with E-state index >= 15 is 0 Å². The largest absolute Gasteiger partial charge is 0.378 e. The molecule has 2 N–H and O–H groups in total. The van der Waals surface area contributed by atoms with Gasteiger partial charge in [0.15, 0.2) is 0 Å². The van der Waals surface area contributed by atoms with Crippen molar-refractivity contribution in [2.75, 3.05) is 48.4 Å². The average Bonchev–Trinajstić information content (AvgIpc) is 2.74. The Morgan fingerprint density at radius 2 is 1.86 bits per heavy atom. The molecule has 1 aliphatic heterocycles. The van der Waals surface area contributed by atoms with Crippen molar-refractivity contribution >= 4 is 34.0 Å². The molecular weight excluding hydrogens is 352 g/mol. The van der Waals surface area contributed by atoms with Crippen LogP contribution in [0.4, 0.5) is 17.2 Å². The highest BCUT2D eigenvalue weighted by Crippen LogP contribution is 2.23. The maximum atomic E-state index is 13.0. The van der Waals surface area contributed by atoms with Gasteiger partial charge in [-0.1, -0.05) is 18.2 Å². The number of carbonyl (C=O) groups excluding carboxylic acids is 1. The molecular formula is C22H24N4O2. The zero-order valence-corrected chi connectivity index (χ0v) is 15.9. The van der Waals surface area contributed by atoms with Crippen LogP contribution in [0.2, 0.25) is 0 Å². The number of nitrogens with zero attached hydrogens (tertiary/aromatic N) is 2. The van der Waals surface area contributed by atoms with E-state index in [4.69, 9.17) is 4.74 Å². The zero-order valence-electron chi connectivity index (χ0n) is 15.9. The summed E-state index contributed by atoms with van der Waals surface area (Å²) in [4.78, 5) is 19.8. The molecule has 6 nitrogen and oxygen atoms in total. The highest BCUT2D eigenvalue weighted by molar-refractivity contribution is 6.13. The molecule has 0 saturated carbocycles. The van der Waals surface area contributed by atoms with Gasteiger partial charge in [-0.25, -0.2) is 4.98 Å². The van der Waals surface area contributed by atoms with Crippen molar-refractivity contribution in [3.63, 3.8) is 0 Å². The molecule has 0 bridgehead atoms. The summed E-state index contributed by atoms with van der Waals surface area (Å²) in [6.07, 6.45) is 0. The third-order valence-electron chi connectivity index (χ3n) is 4.82. The maximum absolute atomic E-state index is 13.0. The Bertz CT molecular complexity index is 966. The first-order valence-electron chi connectivity index (χ1n) is 9.62. The summed E-state index contributed by atoms with van der Waals surface area (Å²) in [7, 11) is 0. The number of benzene rings is 2. The van der Waals surface area contributed by atoms with Crippen LogP contribution >= 0.6 is 0 Å². The number of aromatic nitrogens is 1. The molecule has 2 heterocycles. The van der Waals surface area contributed by atoms with Crippen LogP contribution in [0.1, 0.15) is 17.3 Å². The number of hydrogen-bond acceptors (Lipinski definition) is 5. The smallest absolute Gasteiger partial charge is 0.256 e. The number of anilines is 3. The molecule has 0 radical (unpaired) electrons. The quantitative estimate of drug-likeness (QED) is 0.710. The molecule has 4 rings (SSSR count). The monoisotopic (exact) mass is 376 g/mol. The molecule has 1 aliphatic rings. The van der Waals surface area contributed by atoms with Crippen LogP contribution in [0, 0.1) is 0 Å². The van der Waals surface area contributed by atoms with Gasteiger partial charge in [-0.15, -0.1) is 0 Å². The SMILES string of the molecule is CCNc1cc(C(=O)Nc2ccc(N3CCOCC3)cc2)c2ccccc2n1. The van der Waals surface area contributed by atoms with Crippen LogP contribution in [-0.4, -0.2) is 43.7 Å². The summed E-state index contributed by atoms with van der Waals surface area (Å²) in [5.74, 6) is 0.561. The second-order valence-electron chi connectivity index (χ2n) is 6.70. The molecule has 0 atom stereocenters. The predicted molar refractivity (Wildman–Crippen MR) is 113 cm³/mol. The summed E-state index contributed by atoms with van der Waals surface area (Å²) in [5, 5.41) is 7.05. The number of para-hydroxylation sites is 1. The zero-order chi connectivity index (χ0) is 19.3. The summed E-state index contributed by atoms with van der Waals surface area (Å²) in [6.45, 7) is 6.04. The van der Waals surface area contributed by atoms with Crippen molar-refractivity contribution in [3.8, 4) is 0 Å². The summed E-state index contributed by atoms with van der Waals surface area (Å²) >= 11 is 0. The Morgan fingerprint density at radius 3 is 2.61 bits per heavy atom. The second-order valence-corrected chi connectivity index (χ2v) is 6.70. The highest BCUT2D eigenvalue weighted by Gasteiger charge is 2.14. The number of fused-ring (bicyclic) bond motifs is 1. The Kier molecular flexibility index (Phi) is 5.39. The van der Waals surface area contributed by atoms with Gasteiger partial charge >= 0.3 is 0 Å². The van der Waals surface area contributed by atoms with Crippen LogP contribution in [0.5, 0.6) is 0 Å². The third-order valence-corrected chi connectivity index (χ3v) is 4.82.